The number of nitrogens with one attached hydrogen (secondary N) is 2. The van der Waals surface area contributed by atoms with Gasteiger partial charge in [0.1, 0.15) is 6.04 Å². The maximum absolute atomic E-state index is 12.0. The molecule has 0 saturated carbocycles. The lowest BCUT2D eigenvalue weighted by Gasteiger charge is -2.33. The van der Waals surface area contributed by atoms with E-state index in [1.54, 1.807) is 7.05 Å². The van der Waals surface area contributed by atoms with Crippen LogP contribution in [0.5, 0.6) is 0 Å². The highest BCUT2D eigenvalue weighted by molar-refractivity contribution is 5.85. The van der Waals surface area contributed by atoms with Crippen LogP contribution in [0.15, 0.2) is 30.3 Å². The second-order valence-corrected chi connectivity index (χ2v) is 6.61. The van der Waals surface area contributed by atoms with E-state index >= 15 is 0 Å². The van der Waals surface area contributed by atoms with Crippen molar-refractivity contribution in [1.82, 2.24) is 15.5 Å². The molecular formula is C19H29N3O3. The van der Waals surface area contributed by atoms with Crippen molar-refractivity contribution in [2.75, 3.05) is 33.8 Å². The molecule has 1 heterocycles. The molecule has 2 N–H and O–H groups in total. The van der Waals surface area contributed by atoms with Crippen LogP contribution in [0.4, 0.5) is 0 Å². The summed E-state index contributed by atoms with van der Waals surface area (Å²) in [5, 5.41) is 5.57. The number of carbonyl (C=O) groups excluding carboxylic acids is 2. The number of carbonyl (C=O) groups is 2. The van der Waals surface area contributed by atoms with Gasteiger partial charge in [0, 0.05) is 6.54 Å². The number of hydrogen-bond donors (Lipinski definition) is 2. The van der Waals surface area contributed by atoms with Gasteiger partial charge in [-0.2, -0.15) is 0 Å². The Morgan fingerprint density at radius 1 is 1.24 bits per heavy atom. The summed E-state index contributed by atoms with van der Waals surface area (Å²) in [7, 11) is 3.07. The quantitative estimate of drug-likeness (QED) is 0.691. The minimum absolute atomic E-state index is 0.181. The van der Waals surface area contributed by atoms with Crippen molar-refractivity contribution in [1.29, 1.82) is 0 Å². The Balaban J connectivity index is 1.81. The van der Waals surface area contributed by atoms with Crippen LogP contribution in [-0.2, 0) is 20.9 Å². The molecule has 1 fully saturated rings. The fourth-order valence-corrected chi connectivity index (χ4v) is 3.32. The summed E-state index contributed by atoms with van der Waals surface area (Å²) in [6, 6.07) is 9.91. The van der Waals surface area contributed by atoms with Crippen LogP contribution < -0.4 is 10.6 Å². The monoisotopic (exact) mass is 347 g/mol. The Morgan fingerprint density at radius 3 is 2.52 bits per heavy atom. The molecule has 0 spiro atoms. The van der Waals surface area contributed by atoms with Gasteiger partial charge in [0.05, 0.1) is 13.7 Å². The number of piperidine rings is 1. The molecule has 1 aromatic carbocycles. The van der Waals surface area contributed by atoms with E-state index in [1.165, 1.54) is 12.7 Å². The summed E-state index contributed by atoms with van der Waals surface area (Å²) in [6.45, 7) is 3.19. The van der Waals surface area contributed by atoms with Gasteiger partial charge in [0.25, 0.3) is 0 Å². The molecule has 1 aliphatic heterocycles. The van der Waals surface area contributed by atoms with Crippen LogP contribution in [0.1, 0.15) is 24.8 Å². The molecule has 6 nitrogen and oxygen atoms in total. The molecule has 138 valence electrons. The average Bonchev–Trinajstić information content (AvgIpc) is 2.63. The lowest BCUT2D eigenvalue weighted by atomic mass is 9.90. The molecule has 0 bridgehead atoms. The molecule has 1 saturated heterocycles. The molecule has 1 aromatic rings. The minimum Gasteiger partial charge on any atom is -0.467 e. The zero-order valence-electron chi connectivity index (χ0n) is 15.2. The Labute approximate surface area is 149 Å². The highest BCUT2D eigenvalue weighted by Crippen LogP contribution is 2.23. The van der Waals surface area contributed by atoms with E-state index in [0.717, 1.165) is 32.5 Å². The summed E-state index contributed by atoms with van der Waals surface area (Å²) in [4.78, 5) is 26.2. The topological polar surface area (TPSA) is 70.7 Å². The van der Waals surface area contributed by atoms with Crippen LogP contribution in [0.3, 0.4) is 0 Å². The first-order chi connectivity index (χ1) is 12.1. The first-order valence-corrected chi connectivity index (χ1v) is 8.90. The lowest BCUT2D eigenvalue weighted by Crippen LogP contribution is -2.46. The maximum atomic E-state index is 12.0. The summed E-state index contributed by atoms with van der Waals surface area (Å²) >= 11 is 0. The molecule has 6 heteroatoms. The van der Waals surface area contributed by atoms with E-state index in [4.69, 9.17) is 4.74 Å². The largest absolute Gasteiger partial charge is 0.467 e. The standard InChI is InChI=1S/C19H29N3O3/c1-20-13-18(23)21-17(19(24)25-2)12-15-8-10-22(11-9-15)14-16-6-4-3-5-7-16/h3-7,15,17,20H,8-14H2,1-2H3,(H,21,23). The van der Waals surface area contributed by atoms with Crippen molar-refractivity contribution < 1.29 is 14.3 Å². The van der Waals surface area contributed by atoms with Gasteiger partial charge in [-0.25, -0.2) is 4.79 Å². The van der Waals surface area contributed by atoms with Crippen LogP contribution >= 0.6 is 0 Å². The van der Waals surface area contributed by atoms with Crippen LogP contribution in [0, 0.1) is 5.92 Å². The Kier molecular flexibility index (Phi) is 7.88. The minimum atomic E-state index is -0.559. The zero-order chi connectivity index (χ0) is 18.1. The van der Waals surface area contributed by atoms with Gasteiger partial charge < -0.3 is 15.4 Å². The molecule has 0 aromatic heterocycles. The van der Waals surface area contributed by atoms with Crippen LogP contribution in [-0.4, -0.2) is 56.6 Å². The zero-order valence-corrected chi connectivity index (χ0v) is 15.2. The van der Waals surface area contributed by atoms with Gasteiger partial charge in [0.2, 0.25) is 5.91 Å². The number of amides is 1. The number of benzene rings is 1. The summed E-state index contributed by atoms with van der Waals surface area (Å²) < 4.78 is 4.85. The van der Waals surface area contributed by atoms with Crippen molar-refractivity contribution in [3.05, 3.63) is 35.9 Å². The van der Waals surface area contributed by atoms with Gasteiger partial charge >= 0.3 is 5.97 Å². The molecule has 1 amide bonds. The van der Waals surface area contributed by atoms with Crippen LogP contribution in [0.2, 0.25) is 0 Å². The van der Waals surface area contributed by atoms with E-state index in [0.29, 0.717) is 12.3 Å². The highest BCUT2D eigenvalue weighted by atomic mass is 16.5. The number of nitrogens with zero attached hydrogens (tertiary/aromatic N) is 1. The van der Waals surface area contributed by atoms with Gasteiger partial charge in [-0.3, -0.25) is 9.69 Å². The summed E-state index contributed by atoms with van der Waals surface area (Å²) in [5.74, 6) is -0.124. The van der Waals surface area contributed by atoms with E-state index in [1.807, 2.05) is 6.07 Å². The maximum Gasteiger partial charge on any atom is 0.328 e. The first kappa shape index (κ1) is 19.4. The van der Waals surface area contributed by atoms with E-state index in [2.05, 4.69) is 39.8 Å². The van der Waals surface area contributed by atoms with Crippen molar-refractivity contribution in [3.8, 4) is 0 Å². The molecule has 2 rings (SSSR count). The molecular weight excluding hydrogens is 318 g/mol. The number of likely N-dealkylation sites (tertiary alicyclic amines) is 1. The second-order valence-electron chi connectivity index (χ2n) is 6.61. The third kappa shape index (κ3) is 6.48. The Morgan fingerprint density at radius 2 is 1.92 bits per heavy atom. The second kappa shape index (κ2) is 10.2. The number of esters is 1. The number of rotatable bonds is 8. The van der Waals surface area contributed by atoms with Gasteiger partial charge in [-0.05, 0) is 50.9 Å². The SMILES string of the molecule is CNCC(=O)NC(CC1CCN(Cc2ccccc2)CC1)C(=O)OC. The Hall–Kier alpha value is -1.92. The van der Waals surface area contributed by atoms with Crippen molar-refractivity contribution in [3.63, 3.8) is 0 Å². The van der Waals surface area contributed by atoms with E-state index < -0.39 is 6.04 Å². The molecule has 25 heavy (non-hydrogen) atoms. The molecule has 1 atom stereocenters. The Bertz CT molecular complexity index is 542. The smallest absolute Gasteiger partial charge is 0.328 e. The third-order valence-electron chi connectivity index (χ3n) is 4.68. The number of hydrogen-bond acceptors (Lipinski definition) is 5. The predicted octanol–water partition coefficient (Wildman–Crippen LogP) is 1.17. The first-order valence-electron chi connectivity index (χ1n) is 8.90. The van der Waals surface area contributed by atoms with Crippen molar-refractivity contribution in [2.24, 2.45) is 5.92 Å². The normalized spacial score (nSPS) is 17.0. The highest BCUT2D eigenvalue weighted by Gasteiger charge is 2.27. The van der Waals surface area contributed by atoms with Gasteiger partial charge in [-0.15, -0.1) is 0 Å². The van der Waals surface area contributed by atoms with E-state index in [-0.39, 0.29) is 18.4 Å². The van der Waals surface area contributed by atoms with Crippen LogP contribution in [0.25, 0.3) is 0 Å². The van der Waals surface area contributed by atoms with Crippen molar-refractivity contribution >= 4 is 11.9 Å². The number of likely N-dealkylation sites (N-methyl/N-ethyl adjacent to an activating group) is 1. The number of methoxy groups -OCH3 is 1. The van der Waals surface area contributed by atoms with Gasteiger partial charge in [0.15, 0.2) is 0 Å². The summed E-state index contributed by atoms with van der Waals surface area (Å²) in [6.07, 6.45) is 2.70. The molecule has 1 aliphatic rings. The fourth-order valence-electron chi connectivity index (χ4n) is 3.32. The fraction of sp³-hybridized carbons (Fsp3) is 0.579. The molecule has 0 radical (unpaired) electrons. The predicted molar refractivity (Wildman–Crippen MR) is 96.9 cm³/mol. The lowest BCUT2D eigenvalue weighted by molar-refractivity contribution is -0.145. The summed E-state index contributed by atoms with van der Waals surface area (Å²) in [5.41, 5.74) is 1.33. The van der Waals surface area contributed by atoms with Gasteiger partial charge in [-0.1, -0.05) is 30.3 Å². The third-order valence-corrected chi connectivity index (χ3v) is 4.68. The van der Waals surface area contributed by atoms with E-state index in [9.17, 15) is 9.59 Å². The molecule has 0 aliphatic carbocycles. The number of ether oxygens (including phenoxy) is 1. The van der Waals surface area contributed by atoms with Crippen molar-refractivity contribution in [2.45, 2.75) is 31.8 Å². The average molecular weight is 347 g/mol. The molecule has 1 unspecified atom stereocenters.